The number of esters is 1. The Morgan fingerprint density at radius 2 is 2.39 bits per heavy atom. The summed E-state index contributed by atoms with van der Waals surface area (Å²) in [7, 11) is 1.31. The summed E-state index contributed by atoms with van der Waals surface area (Å²) in [6, 6.07) is 1.74. The molecule has 94 valence electrons. The molecule has 9 heteroatoms. The van der Waals surface area contributed by atoms with Gasteiger partial charge in [-0.25, -0.2) is 14.6 Å². The van der Waals surface area contributed by atoms with Gasteiger partial charge in [0.05, 0.1) is 7.11 Å². The lowest BCUT2D eigenvalue weighted by Gasteiger charge is -2.02. The quantitative estimate of drug-likeness (QED) is 0.567. The van der Waals surface area contributed by atoms with Crippen LogP contribution in [-0.2, 0) is 16.1 Å². The van der Waals surface area contributed by atoms with Crippen LogP contribution in [0.1, 0.15) is 5.82 Å². The molecule has 2 rings (SSSR count). The average molecular weight is 266 g/mol. The molecule has 0 radical (unpaired) electrons. The second-order valence-corrected chi connectivity index (χ2v) is 4.23. The standard InChI is InChI=1S/C9H10N6O2S/c1-6-10-4-3-7(11-6)18-9-12-13-14-15(9)5-8(16)17-2/h3-4H,5H2,1-2H3. The molecule has 0 fully saturated rings. The monoisotopic (exact) mass is 266 g/mol. The van der Waals surface area contributed by atoms with Crippen LogP contribution in [0, 0.1) is 6.92 Å². The van der Waals surface area contributed by atoms with E-state index in [-0.39, 0.29) is 6.54 Å². The number of carbonyl (C=O) groups excluding carboxylic acids is 1. The highest BCUT2D eigenvalue weighted by molar-refractivity contribution is 7.99. The zero-order chi connectivity index (χ0) is 13.0. The van der Waals surface area contributed by atoms with Gasteiger partial charge in [-0.05, 0) is 35.2 Å². The molecule has 8 nitrogen and oxygen atoms in total. The number of carbonyl (C=O) groups is 1. The Morgan fingerprint density at radius 3 is 3.11 bits per heavy atom. The summed E-state index contributed by atoms with van der Waals surface area (Å²) < 4.78 is 5.91. The molecule has 0 aliphatic carbocycles. The van der Waals surface area contributed by atoms with Gasteiger partial charge in [-0.15, -0.1) is 5.10 Å². The van der Waals surface area contributed by atoms with Gasteiger partial charge in [0, 0.05) is 6.20 Å². The molecule has 0 spiro atoms. The minimum atomic E-state index is -0.414. The molecule has 0 aliphatic rings. The minimum absolute atomic E-state index is 0.0318. The van der Waals surface area contributed by atoms with E-state index in [2.05, 4.69) is 30.2 Å². The fraction of sp³-hybridized carbons (Fsp3) is 0.333. The van der Waals surface area contributed by atoms with Crippen molar-refractivity contribution in [2.45, 2.75) is 23.7 Å². The molecule has 0 atom stereocenters. The number of aromatic nitrogens is 6. The van der Waals surface area contributed by atoms with Gasteiger partial charge in [0.2, 0.25) is 5.16 Å². The maximum Gasteiger partial charge on any atom is 0.327 e. The van der Waals surface area contributed by atoms with Crippen LogP contribution in [0.25, 0.3) is 0 Å². The summed E-state index contributed by atoms with van der Waals surface area (Å²) in [6.07, 6.45) is 1.65. The van der Waals surface area contributed by atoms with Crippen molar-refractivity contribution in [1.29, 1.82) is 0 Å². The summed E-state index contributed by atoms with van der Waals surface area (Å²) in [5.41, 5.74) is 0. The molecule has 0 N–H and O–H groups in total. The van der Waals surface area contributed by atoms with E-state index in [0.717, 1.165) is 0 Å². The van der Waals surface area contributed by atoms with Crippen molar-refractivity contribution in [2.24, 2.45) is 0 Å². The minimum Gasteiger partial charge on any atom is -0.468 e. The van der Waals surface area contributed by atoms with Crippen LogP contribution in [0.15, 0.2) is 22.4 Å². The van der Waals surface area contributed by atoms with Crippen molar-refractivity contribution in [2.75, 3.05) is 7.11 Å². The van der Waals surface area contributed by atoms with Gasteiger partial charge in [-0.2, -0.15) is 0 Å². The van der Waals surface area contributed by atoms with Gasteiger partial charge < -0.3 is 4.74 Å². The van der Waals surface area contributed by atoms with E-state index in [9.17, 15) is 4.79 Å². The zero-order valence-corrected chi connectivity index (χ0v) is 10.6. The van der Waals surface area contributed by atoms with Crippen molar-refractivity contribution in [3.63, 3.8) is 0 Å². The number of hydrogen-bond acceptors (Lipinski definition) is 8. The Morgan fingerprint density at radius 1 is 1.56 bits per heavy atom. The Kier molecular flexibility index (Phi) is 3.82. The van der Waals surface area contributed by atoms with E-state index in [4.69, 9.17) is 0 Å². The summed E-state index contributed by atoms with van der Waals surface area (Å²) in [5, 5.41) is 12.2. The maximum atomic E-state index is 11.2. The number of tetrazole rings is 1. The van der Waals surface area contributed by atoms with Gasteiger partial charge in [-0.3, -0.25) is 4.79 Å². The lowest BCUT2D eigenvalue weighted by atomic mass is 10.6. The summed E-state index contributed by atoms with van der Waals surface area (Å²) >= 11 is 1.26. The third kappa shape index (κ3) is 3.00. The van der Waals surface area contributed by atoms with E-state index in [1.807, 2.05) is 0 Å². The largest absolute Gasteiger partial charge is 0.468 e. The first-order valence-electron chi connectivity index (χ1n) is 4.99. The van der Waals surface area contributed by atoms with Crippen LogP contribution in [-0.4, -0.2) is 43.3 Å². The van der Waals surface area contributed by atoms with Gasteiger partial charge in [0.1, 0.15) is 17.4 Å². The highest BCUT2D eigenvalue weighted by Gasteiger charge is 2.12. The Bertz CT molecular complexity index is 557. The molecular formula is C9H10N6O2S. The summed E-state index contributed by atoms with van der Waals surface area (Å²) in [4.78, 5) is 19.4. The van der Waals surface area contributed by atoms with Crippen molar-refractivity contribution < 1.29 is 9.53 Å². The van der Waals surface area contributed by atoms with E-state index in [0.29, 0.717) is 16.0 Å². The highest BCUT2D eigenvalue weighted by Crippen LogP contribution is 2.22. The summed E-state index contributed by atoms with van der Waals surface area (Å²) in [6.45, 7) is 1.76. The predicted octanol–water partition coefficient (Wildman–Crippen LogP) is 0.0957. The van der Waals surface area contributed by atoms with Gasteiger partial charge in [0.25, 0.3) is 0 Å². The zero-order valence-electron chi connectivity index (χ0n) is 9.77. The highest BCUT2D eigenvalue weighted by atomic mass is 32.2. The predicted molar refractivity (Wildman–Crippen MR) is 60.7 cm³/mol. The first-order chi connectivity index (χ1) is 8.69. The molecule has 18 heavy (non-hydrogen) atoms. The molecule has 0 unspecified atom stereocenters. The molecule has 0 saturated carbocycles. The van der Waals surface area contributed by atoms with E-state index < -0.39 is 5.97 Å². The smallest absolute Gasteiger partial charge is 0.327 e. The number of hydrogen-bond donors (Lipinski definition) is 0. The fourth-order valence-corrected chi connectivity index (χ4v) is 1.92. The molecule has 0 amide bonds. The Balaban J connectivity index is 2.15. The number of nitrogens with zero attached hydrogens (tertiary/aromatic N) is 6. The normalized spacial score (nSPS) is 10.3. The molecule has 2 heterocycles. The van der Waals surface area contributed by atoms with Crippen LogP contribution in [0.2, 0.25) is 0 Å². The van der Waals surface area contributed by atoms with Crippen LogP contribution >= 0.6 is 11.8 Å². The first kappa shape index (κ1) is 12.4. The molecular weight excluding hydrogens is 256 g/mol. The fourth-order valence-electron chi connectivity index (χ4n) is 1.14. The van der Waals surface area contributed by atoms with Crippen LogP contribution in [0.3, 0.4) is 0 Å². The van der Waals surface area contributed by atoms with Crippen molar-refractivity contribution in [3.05, 3.63) is 18.1 Å². The van der Waals surface area contributed by atoms with Gasteiger partial charge >= 0.3 is 5.97 Å². The van der Waals surface area contributed by atoms with E-state index >= 15 is 0 Å². The number of aryl methyl sites for hydroxylation is 1. The Hall–Kier alpha value is -2.03. The molecule has 2 aromatic heterocycles. The van der Waals surface area contributed by atoms with Crippen molar-refractivity contribution in [1.82, 2.24) is 30.2 Å². The molecule has 0 aromatic carbocycles. The second kappa shape index (κ2) is 5.54. The molecule has 2 aromatic rings. The number of rotatable bonds is 4. The number of methoxy groups -OCH3 is 1. The van der Waals surface area contributed by atoms with Gasteiger partial charge in [0.15, 0.2) is 0 Å². The third-order valence-corrected chi connectivity index (χ3v) is 2.86. The number of ether oxygens (including phenoxy) is 1. The molecule has 0 saturated heterocycles. The molecule has 0 bridgehead atoms. The molecule has 0 aliphatic heterocycles. The van der Waals surface area contributed by atoms with Crippen LogP contribution in [0.4, 0.5) is 0 Å². The Labute approximate surface area is 107 Å². The average Bonchev–Trinajstić information content (AvgIpc) is 2.76. The SMILES string of the molecule is COC(=O)Cn1nnnc1Sc1ccnc(C)n1. The first-order valence-corrected chi connectivity index (χ1v) is 5.81. The van der Waals surface area contributed by atoms with E-state index in [1.54, 1.807) is 19.2 Å². The summed E-state index contributed by atoms with van der Waals surface area (Å²) in [5.74, 6) is 0.245. The van der Waals surface area contributed by atoms with Crippen LogP contribution < -0.4 is 0 Å². The lowest BCUT2D eigenvalue weighted by molar-refractivity contribution is -0.141. The van der Waals surface area contributed by atoms with Crippen LogP contribution in [0.5, 0.6) is 0 Å². The maximum absolute atomic E-state index is 11.2. The second-order valence-electron chi connectivity index (χ2n) is 3.24. The topological polar surface area (TPSA) is 95.7 Å². The third-order valence-electron chi connectivity index (χ3n) is 1.95. The van der Waals surface area contributed by atoms with Crippen molar-refractivity contribution >= 4 is 17.7 Å². The lowest BCUT2D eigenvalue weighted by Crippen LogP contribution is -2.13. The van der Waals surface area contributed by atoms with Gasteiger partial charge in [-0.1, -0.05) is 0 Å². The van der Waals surface area contributed by atoms with E-state index in [1.165, 1.54) is 23.6 Å². The van der Waals surface area contributed by atoms with Crippen molar-refractivity contribution in [3.8, 4) is 0 Å².